The maximum Gasteiger partial charge on any atom is 0.0619 e. The van der Waals surface area contributed by atoms with Crippen molar-refractivity contribution in [3.63, 3.8) is 0 Å². The van der Waals surface area contributed by atoms with Gasteiger partial charge in [0.05, 0.1) is 11.7 Å². The number of rotatable bonds is 10. The second-order valence-corrected chi connectivity index (χ2v) is 5.29. The van der Waals surface area contributed by atoms with Crippen molar-refractivity contribution in [1.82, 2.24) is 0 Å². The summed E-state index contributed by atoms with van der Waals surface area (Å²) < 4.78 is 0. The average Bonchev–Trinajstić information content (AvgIpc) is 2.17. The Balaban J connectivity index is 3.49. The summed E-state index contributed by atoms with van der Waals surface area (Å²) in [6.07, 6.45) is 8.76. The van der Waals surface area contributed by atoms with Crippen LogP contribution in [0.5, 0.6) is 0 Å². The van der Waals surface area contributed by atoms with Gasteiger partial charge in [-0.3, -0.25) is 0 Å². The molecule has 0 spiro atoms. The lowest BCUT2D eigenvalue weighted by atomic mass is 9.92. The standard InChI is InChI=1S/C14H30O2/c1-4-6-7-9-13(15)10-8-12-14(3,16)11-5-2/h13,15-16H,4-12H2,1-3H3/t13-,14-/m1/s1. The molecule has 0 unspecified atom stereocenters. The van der Waals surface area contributed by atoms with Crippen LogP contribution < -0.4 is 0 Å². The average molecular weight is 230 g/mol. The van der Waals surface area contributed by atoms with E-state index in [0.29, 0.717) is 0 Å². The molecule has 98 valence electrons. The van der Waals surface area contributed by atoms with E-state index >= 15 is 0 Å². The summed E-state index contributed by atoms with van der Waals surface area (Å²) in [6, 6.07) is 0. The summed E-state index contributed by atoms with van der Waals surface area (Å²) in [6.45, 7) is 6.17. The Hall–Kier alpha value is -0.0800. The van der Waals surface area contributed by atoms with E-state index in [1.165, 1.54) is 12.8 Å². The van der Waals surface area contributed by atoms with Gasteiger partial charge < -0.3 is 10.2 Å². The van der Waals surface area contributed by atoms with Crippen molar-refractivity contribution in [2.75, 3.05) is 0 Å². The van der Waals surface area contributed by atoms with E-state index < -0.39 is 5.60 Å². The molecule has 16 heavy (non-hydrogen) atoms. The van der Waals surface area contributed by atoms with E-state index in [1.54, 1.807) is 0 Å². The van der Waals surface area contributed by atoms with Gasteiger partial charge in [0.15, 0.2) is 0 Å². The molecule has 2 nitrogen and oxygen atoms in total. The van der Waals surface area contributed by atoms with Gasteiger partial charge in [-0.1, -0.05) is 39.5 Å². The minimum Gasteiger partial charge on any atom is -0.393 e. The summed E-state index contributed by atoms with van der Waals surface area (Å²) in [5.41, 5.74) is -0.530. The van der Waals surface area contributed by atoms with Gasteiger partial charge >= 0.3 is 0 Å². The normalized spacial score (nSPS) is 17.1. The summed E-state index contributed by atoms with van der Waals surface area (Å²) in [5, 5.41) is 19.7. The largest absolute Gasteiger partial charge is 0.393 e. The molecule has 0 aliphatic heterocycles. The fourth-order valence-electron chi connectivity index (χ4n) is 2.16. The van der Waals surface area contributed by atoms with Gasteiger partial charge in [0.2, 0.25) is 0 Å². The number of aliphatic hydroxyl groups excluding tert-OH is 1. The molecule has 0 bridgehead atoms. The molecule has 0 aromatic rings. The Bertz CT molecular complexity index is 155. The van der Waals surface area contributed by atoms with Crippen LogP contribution in [-0.4, -0.2) is 21.9 Å². The Kier molecular flexibility index (Phi) is 8.96. The number of aliphatic hydroxyl groups is 2. The molecule has 2 heteroatoms. The van der Waals surface area contributed by atoms with E-state index in [2.05, 4.69) is 13.8 Å². The molecule has 0 fully saturated rings. The van der Waals surface area contributed by atoms with Gasteiger partial charge in [0.1, 0.15) is 0 Å². The second kappa shape index (κ2) is 9.00. The van der Waals surface area contributed by atoms with E-state index in [4.69, 9.17) is 0 Å². The maximum atomic E-state index is 9.96. The third kappa shape index (κ3) is 9.17. The smallest absolute Gasteiger partial charge is 0.0619 e. The summed E-state index contributed by atoms with van der Waals surface area (Å²) in [7, 11) is 0. The summed E-state index contributed by atoms with van der Waals surface area (Å²) >= 11 is 0. The highest BCUT2D eigenvalue weighted by Crippen LogP contribution is 2.20. The van der Waals surface area contributed by atoms with Crippen LogP contribution >= 0.6 is 0 Å². The lowest BCUT2D eigenvalue weighted by Gasteiger charge is -2.23. The van der Waals surface area contributed by atoms with Gasteiger partial charge in [0, 0.05) is 0 Å². The molecule has 2 atom stereocenters. The van der Waals surface area contributed by atoms with E-state index in [9.17, 15) is 10.2 Å². The van der Waals surface area contributed by atoms with Crippen molar-refractivity contribution in [3.05, 3.63) is 0 Å². The lowest BCUT2D eigenvalue weighted by Crippen LogP contribution is -2.24. The van der Waals surface area contributed by atoms with Crippen LogP contribution in [-0.2, 0) is 0 Å². The van der Waals surface area contributed by atoms with Gasteiger partial charge in [0.25, 0.3) is 0 Å². The Labute approximate surface area is 101 Å². The maximum absolute atomic E-state index is 9.96. The minimum absolute atomic E-state index is 0.163. The first-order valence-electron chi connectivity index (χ1n) is 6.92. The van der Waals surface area contributed by atoms with Gasteiger partial charge in [-0.05, 0) is 39.0 Å². The zero-order valence-corrected chi connectivity index (χ0v) is 11.3. The van der Waals surface area contributed by atoms with Crippen molar-refractivity contribution < 1.29 is 10.2 Å². The third-order valence-electron chi connectivity index (χ3n) is 3.18. The molecule has 0 heterocycles. The molecular weight excluding hydrogens is 200 g/mol. The minimum atomic E-state index is -0.530. The van der Waals surface area contributed by atoms with Crippen molar-refractivity contribution in [1.29, 1.82) is 0 Å². The Morgan fingerprint density at radius 3 is 2.12 bits per heavy atom. The fraction of sp³-hybridized carbons (Fsp3) is 1.00. The number of unbranched alkanes of at least 4 members (excludes halogenated alkanes) is 2. The van der Waals surface area contributed by atoms with E-state index in [-0.39, 0.29) is 6.10 Å². The highest BCUT2D eigenvalue weighted by molar-refractivity contribution is 4.72. The highest BCUT2D eigenvalue weighted by Gasteiger charge is 2.18. The molecule has 0 aliphatic rings. The zero-order valence-electron chi connectivity index (χ0n) is 11.3. The molecule has 0 amide bonds. The van der Waals surface area contributed by atoms with Crippen molar-refractivity contribution in [2.24, 2.45) is 0 Å². The van der Waals surface area contributed by atoms with Crippen LogP contribution in [0.1, 0.15) is 78.6 Å². The van der Waals surface area contributed by atoms with Gasteiger partial charge in [-0.15, -0.1) is 0 Å². The third-order valence-corrected chi connectivity index (χ3v) is 3.18. The Morgan fingerprint density at radius 1 is 0.938 bits per heavy atom. The molecule has 0 aromatic carbocycles. The van der Waals surface area contributed by atoms with Crippen molar-refractivity contribution in [2.45, 2.75) is 90.3 Å². The lowest BCUT2D eigenvalue weighted by molar-refractivity contribution is 0.0340. The molecule has 0 aromatic heterocycles. The molecule has 0 saturated carbocycles. The molecule has 0 rings (SSSR count). The summed E-state index contributed by atoms with van der Waals surface area (Å²) in [4.78, 5) is 0. The van der Waals surface area contributed by atoms with Crippen molar-refractivity contribution >= 4 is 0 Å². The van der Waals surface area contributed by atoms with Gasteiger partial charge in [-0.25, -0.2) is 0 Å². The first-order chi connectivity index (χ1) is 7.52. The summed E-state index contributed by atoms with van der Waals surface area (Å²) in [5.74, 6) is 0. The van der Waals surface area contributed by atoms with Crippen LogP contribution in [0.2, 0.25) is 0 Å². The number of hydrogen-bond donors (Lipinski definition) is 2. The topological polar surface area (TPSA) is 40.5 Å². The van der Waals surface area contributed by atoms with Crippen LogP contribution in [0, 0.1) is 0 Å². The van der Waals surface area contributed by atoms with Crippen molar-refractivity contribution in [3.8, 4) is 0 Å². The molecule has 0 radical (unpaired) electrons. The zero-order chi connectivity index (χ0) is 12.4. The fourth-order valence-corrected chi connectivity index (χ4v) is 2.16. The molecular formula is C14H30O2. The second-order valence-electron chi connectivity index (χ2n) is 5.29. The number of hydrogen-bond acceptors (Lipinski definition) is 2. The molecule has 0 saturated heterocycles. The van der Waals surface area contributed by atoms with E-state index in [0.717, 1.165) is 44.9 Å². The quantitative estimate of drug-likeness (QED) is 0.562. The monoisotopic (exact) mass is 230 g/mol. The van der Waals surface area contributed by atoms with E-state index in [1.807, 2.05) is 6.92 Å². The predicted octanol–water partition coefficient (Wildman–Crippen LogP) is 3.65. The van der Waals surface area contributed by atoms with Crippen LogP contribution in [0.15, 0.2) is 0 Å². The van der Waals surface area contributed by atoms with Crippen LogP contribution in [0.4, 0.5) is 0 Å². The Morgan fingerprint density at radius 2 is 1.56 bits per heavy atom. The van der Waals surface area contributed by atoms with Crippen LogP contribution in [0.3, 0.4) is 0 Å². The van der Waals surface area contributed by atoms with Crippen LogP contribution in [0.25, 0.3) is 0 Å². The predicted molar refractivity (Wildman–Crippen MR) is 69.5 cm³/mol. The highest BCUT2D eigenvalue weighted by atomic mass is 16.3. The first-order valence-corrected chi connectivity index (χ1v) is 6.92. The van der Waals surface area contributed by atoms with Gasteiger partial charge in [-0.2, -0.15) is 0 Å². The molecule has 2 N–H and O–H groups in total. The first kappa shape index (κ1) is 15.9. The SMILES string of the molecule is CCCCC[C@@H](O)CCC[C@](C)(O)CCC. The molecule has 0 aliphatic carbocycles.